The van der Waals surface area contributed by atoms with E-state index < -0.39 is 16.5 Å². The Morgan fingerprint density at radius 3 is 2.20 bits per heavy atom. The van der Waals surface area contributed by atoms with Crippen LogP contribution >= 0.6 is 0 Å². The first-order valence-corrected chi connectivity index (χ1v) is 7.32. The zero-order valence-electron chi connectivity index (χ0n) is 14.1. The lowest BCUT2D eigenvalue weighted by Gasteiger charge is -2.20. The summed E-state index contributed by atoms with van der Waals surface area (Å²) in [4.78, 5) is 28.6. The summed E-state index contributed by atoms with van der Waals surface area (Å²) in [7, 11) is 4.07. The lowest BCUT2D eigenvalue weighted by Crippen LogP contribution is -2.30. The lowest BCUT2D eigenvalue weighted by molar-refractivity contribution is -0.385. The number of carbonyl (C=O) groups is 1. The number of rotatable bonds is 7. The molecule has 8 nitrogen and oxygen atoms in total. The highest BCUT2D eigenvalue weighted by molar-refractivity contribution is 5.98. The van der Waals surface area contributed by atoms with Crippen molar-refractivity contribution in [2.24, 2.45) is 0 Å². The van der Waals surface area contributed by atoms with E-state index in [-0.39, 0.29) is 23.6 Å². The average Bonchev–Trinajstić information content (AvgIpc) is 2.65. The highest BCUT2D eigenvalue weighted by atomic mass is 16.7. The molecule has 0 heterocycles. The molecule has 0 atom stereocenters. The summed E-state index contributed by atoms with van der Waals surface area (Å²) >= 11 is 0. The minimum Gasteiger partial charge on any atom is -0.493 e. The number of nitro benzene ring substituents is 1. The molecule has 0 aliphatic carbocycles. The second-order valence-electron chi connectivity index (χ2n) is 4.99. The molecule has 132 valence electrons. The predicted octanol–water partition coefficient (Wildman–Crippen LogP) is 2.82. The molecule has 0 aromatic heterocycles. The number of hydroxylamine groups is 2. The summed E-state index contributed by atoms with van der Waals surface area (Å²) in [6.45, 7) is 0.141. The second kappa shape index (κ2) is 8.11. The van der Waals surface area contributed by atoms with Gasteiger partial charge in [-0.25, -0.2) is 5.06 Å². The Kier molecular flexibility index (Phi) is 5.91. The van der Waals surface area contributed by atoms with Gasteiger partial charge in [0.05, 0.1) is 38.9 Å². The Morgan fingerprint density at radius 2 is 1.68 bits per heavy atom. The van der Waals surface area contributed by atoms with Crippen molar-refractivity contribution in [2.45, 2.75) is 6.54 Å². The quantitative estimate of drug-likeness (QED) is 0.565. The summed E-state index contributed by atoms with van der Waals surface area (Å²) in [5, 5.41) is 12.4. The number of nitrogens with zero attached hydrogens (tertiary/aromatic N) is 2. The molecule has 2 rings (SSSR count). The number of methoxy groups -OCH3 is 2. The van der Waals surface area contributed by atoms with Gasteiger partial charge in [0.2, 0.25) is 0 Å². The molecule has 0 saturated heterocycles. The second-order valence-corrected chi connectivity index (χ2v) is 4.99. The van der Waals surface area contributed by atoms with Gasteiger partial charge in [0.15, 0.2) is 11.5 Å². The third-order valence-electron chi connectivity index (χ3n) is 3.54. The van der Waals surface area contributed by atoms with Crippen LogP contribution in [0, 0.1) is 10.1 Å². The van der Waals surface area contributed by atoms with Crippen molar-refractivity contribution in [1.82, 2.24) is 5.06 Å². The first-order chi connectivity index (χ1) is 12.0. The average molecular weight is 346 g/mol. The highest BCUT2D eigenvalue weighted by Gasteiger charge is 2.28. The van der Waals surface area contributed by atoms with Crippen LogP contribution in [0.25, 0.3) is 0 Å². The van der Waals surface area contributed by atoms with E-state index in [9.17, 15) is 14.9 Å². The van der Waals surface area contributed by atoms with Crippen LogP contribution in [0.15, 0.2) is 42.5 Å². The molecule has 0 fully saturated rings. The van der Waals surface area contributed by atoms with Crippen molar-refractivity contribution in [2.75, 3.05) is 21.3 Å². The van der Waals surface area contributed by atoms with E-state index in [1.165, 1.54) is 27.4 Å². The van der Waals surface area contributed by atoms with Gasteiger partial charge in [-0.05, 0) is 5.56 Å². The normalized spacial score (nSPS) is 10.2. The predicted molar refractivity (Wildman–Crippen MR) is 89.5 cm³/mol. The van der Waals surface area contributed by atoms with Crippen LogP contribution in [0.4, 0.5) is 5.69 Å². The Hall–Kier alpha value is -3.13. The van der Waals surface area contributed by atoms with Crippen LogP contribution in [0.2, 0.25) is 0 Å². The molecule has 25 heavy (non-hydrogen) atoms. The fraction of sp³-hybridized carbons (Fsp3) is 0.235. The topological polar surface area (TPSA) is 91.1 Å². The first-order valence-electron chi connectivity index (χ1n) is 7.32. The van der Waals surface area contributed by atoms with Crippen molar-refractivity contribution in [1.29, 1.82) is 0 Å². The molecule has 0 aliphatic rings. The first kappa shape index (κ1) is 18.2. The van der Waals surface area contributed by atoms with E-state index in [4.69, 9.17) is 14.3 Å². The van der Waals surface area contributed by atoms with Crippen LogP contribution in [0.1, 0.15) is 15.9 Å². The van der Waals surface area contributed by atoms with E-state index in [1.807, 2.05) is 30.3 Å². The summed E-state index contributed by atoms with van der Waals surface area (Å²) < 4.78 is 10.2. The summed E-state index contributed by atoms with van der Waals surface area (Å²) in [6.07, 6.45) is 0. The molecule has 0 unspecified atom stereocenters. The third kappa shape index (κ3) is 4.04. The van der Waals surface area contributed by atoms with Crippen molar-refractivity contribution in [3.63, 3.8) is 0 Å². The summed E-state index contributed by atoms with van der Waals surface area (Å²) in [5.74, 6) is -0.274. The van der Waals surface area contributed by atoms with Crippen molar-refractivity contribution in [3.8, 4) is 11.5 Å². The monoisotopic (exact) mass is 346 g/mol. The van der Waals surface area contributed by atoms with Gasteiger partial charge in [-0.15, -0.1) is 0 Å². The molecule has 0 spiro atoms. The molecule has 8 heteroatoms. The number of carbonyl (C=O) groups excluding carboxylic acids is 1. The van der Waals surface area contributed by atoms with Crippen LogP contribution in [0.3, 0.4) is 0 Å². The van der Waals surface area contributed by atoms with Gasteiger partial charge in [0.1, 0.15) is 5.56 Å². The van der Waals surface area contributed by atoms with Gasteiger partial charge in [-0.2, -0.15) is 0 Å². The van der Waals surface area contributed by atoms with E-state index in [2.05, 4.69) is 0 Å². The zero-order valence-corrected chi connectivity index (χ0v) is 14.1. The minimum absolute atomic E-state index is 0.141. The Balaban J connectivity index is 2.43. The third-order valence-corrected chi connectivity index (χ3v) is 3.54. The largest absolute Gasteiger partial charge is 0.493 e. The molecule has 0 radical (unpaired) electrons. The maximum atomic E-state index is 12.8. The summed E-state index contributed by atoms with van der Waals surface area (Å²) in [6, 6.07) is 11.6. The molecule has 0 N–H and O–H groups in total. The van der Waals surface area contributed by atoms with Gasteiger partial charge >= 0.3 is 0 Å². The molecule has 1 amide bonds. The maximum Gasteiger partial charge on any atom is 0.286 e. The number of hydrogen-bond acceptors (Lipinski definition) is 6. The Labute approximate surface area is 144 Å². The Bertz CT molecular complexity index is 763. The minimum atomic E-state index is -0.654. The van der Waals surface area contributed by atoms with Crippen molar-refractivity contribution in [3.05, 3.63) is 63.7 Å². The van der Waals surface area contributed by atoms with Gasteiger partial charge < -0.3 is 9.47 Å². The molecule has 2 aromatic rings. The zero-order chi connectivity index (χ0) is 18.4. The lowest BCUT2D eigenvalue weighted by atomic mass is 10.1. The van der Waals surface area contributed by atoms with Gasteiger partial charge in [0.25, 0.3) is 11.6 Å². The van der Waals surface area contributed by atoms with Crippen LogP contribution in [-0.4, -0.2) is 37.2 Å². The van der Waals surface area contributed by atoms with E-state index in [0.29, 0.717) is 0 Å². The molecule has 0 saturated carbocycles. The smallest absolute Gasteiger partial charge is 0.286 e. The molecule has 0 bridgehead atoms. The van der Waals surface area contributed by atoms with Gasteiger partial charge in [-0.3, -0.25) is 19.7 Å². The van der Waals surface area contributed by atoms with Crippen molar-refractivity contribution >= 4 is 11.6 Å². The maximum absolute atomic E-state index is 12.8. The number of nitro groups is 1. The molecule has 0 aliphatic heterocycles. The van der Waals surface area contributed by atoms with Gasteiger partial charge in [-0.1, -0.05) is 30.3 Å². The van der Waals surface area contributed by atoms with Crippen LogP contribution in [0.5, 0.6) is 11.5 Å². The fourth-order valence-corrected chi connectivity index (χ4v) is 2.29. The van der Waals surface area contributed by atoms with E-state index in [1.54, 1.807) is 0 Å². The molecule has 2 aromatic carbocycles. The number of amides is 1. The fourth-order valence-electron chi connectivity index (χ4n) is 2.29. The van der Waals surface area contributed by atoms with Crippen molar-refractivity contribution < 1.29 is 24.0 Å². The number of ether oxygens (including phenoxy) is 2. The molecular weight excluding hydrogens is 328 g/mol. The number of hydrogen-bond donors (Lipinski definition) is 0. The SMILES string of the molecule is COc1cc(C(=O)N(Cc2ccccc2)OC)c([N+](=O)[O-])cc1OC. The number of benzene rings is 2. The van der Waals surface area contributed by atoms with Crippen LogP contribution in [-0.2, 0) is 11.4 Å². The van der Waals surface area contributed by atoms with E-state index >= 15 is 0 Å². The Morgan fingerprint density at radius 1 is 1.08 bits per heavy atom. The van der Waals surface area contributed by atoms with Crippen LogP contribution < -0.4 is 9.47 Å². The highest BCUT2D eigenvalue weighted by Crippen LogP contribution is 2.35. The summed E-state index contributed by atoms with van der Waals surface area (Å²) in [5.41, 5.74) is 0.277. The van der Waals surface area contributed by atoms with Gasteiger partial charge in [0, 0.05) is 6.07 Å². The van der Waals surface area contributed by atoms with E-state index in [0.717, 1.165) is 16.7 Å². The molecular formula is C17H18N2O6. The standard InChI is InChI=1S/C17H18N2O6/c1-23-15-9-13(14(19(21)22)10-16(15)24-2)17(20)18(25-3)11-12-7-5-4-6-8-12/h4-10H,11H2,1-3H3.